The lowest BCUT2D eigenvalue weighted by molar-refractivity contribution is 0.0696. The van der Waals surface area contributed by atoms with Crippen molar-refractivity contribution in [3.05, 3.63) is 124 Å². The molecule has 0 atom stereocenters. The number of benzene rings is 4. The number of rotatable bonds is 5. The van der Waals surface area contributed by atoms with Gasteiger partial charge in [-0.3, -0.25) is 14.4 Å². The summed E-state index contributed by atoms with van der Waals surface area (Å²) >= 11 is 0. The van der Waals surface area contributed by atoms with Gasteiger partial charge in [0.15, 0.2) is 11.6 Å². The molecule has 0 unspecified atom stereocenters. The number of aromatic carboxylic acids is 1. The number of hydrogen-bond donors (Lipinski definition) is 3. The summed E-state index contributed by atoms with van der Waals surface area (Å²) in [7, 11) is 0. The summed E-state index contributed by atoms with van der Waals surface area (Å²) < 4.78 is 0. The second-order valence-corrected chi connectivity index (χ2v) is 7.94. The monoisotopic (exact) mass is 462 g/mol. The van der Waals surface area contributed by atoms with Crippen LogP contribution in [0.1, 0.15) is 52.6 Å². The van der Waals surface area contributed by atoms with Crippen LogP contribution in [0.2, 0.25) is 0 Å². The number of hydrogen-bond acceptors (Lipinski definition) is 5. The lowest BCUT2D eigenvalue weighted by Crippen LogP contribution is -2.25. The summed E-state index contributed by atoms with van der Waals surface area (Å²) in [4.78, 5) is 51.0. The molecule has 4 aromatic rings. The van der Waals surface area contributed by atoms with Crippen molar-refractivity contribution in [1.82, 2.24) is 0 Å². The van der Waals surface area contributed by atoms with Gasteiger partial charge < -0.3 is 15.7 Å². The van der Waals surface area contributed by atoms with E-state index in [-0.39, 0.29) is 45.1 Å². The fraction of sp³-hybridized carbons (Fsp3) is 0. The van der Waals surface area contributed by atoms with Crippen molar-refractivity contribution >= 4 is 40.5 Å². The topological polar surface area (TPSA) is 113 Å². The Kier molecular flexibility index (Phi) is 5.43. The average Bonchev–Trinajstić information content (AvgIpc) is 2.88. The summed E-state index contributed by atoms with van der Waals surface area (Å²) in [5.74, 6) is -2.33. The third-order valence-corrected chi connectivity index (χ3v) is 5.77. The molecule has 1 amide bonds. The van der Waals surface area contributed by atoms with Crippen LogP contribution in [-0.4, -0.2) is 28.5 Å². The smallest absolute Gasteiger partial charge is 0.335 e. The first-order chi connectivity index (χ1) is 16.9. The summed E-state index contributed by atoms with van der Waals surface area (Å²) in [6, 6.07) is 24.5. The van der Waals surface area contributed by atoms with Crippen LogP contribution in [0.15, 0.2) is 91.0 Å². The minimum absolute atomic E-state index is 0.0488. The molecule has 0 saturated carbocycles. The Morgan fingerprint density at radius 1 is 0.600 bits per heavy atom. The first-order valence-corrected chi connectivity index (χ1v) is 10.8. The number of fused-ring (bicyclic) bond motifs is 2. The number of ketones is 2. The average molecular weight is 462 g/mol. The minimum atomic E-state index is -1.10. The first-order valence-electron chi connectivity index (χ1n) is 10.8. The highest BCUT2D eigenvalue weighted by Crippen LogP contribution is 2.37. The van der Waals surface area contributed by atoms with Gasteiger partial charge in [-0.2, -0.15) is 0 Å². The van der Waals surface area contributed by atoms with Gasteiger partial charge in [0.2, 0.25) is 0 Å². The first kappa shape index (κ1) is 21.8. The number of carbonyl (C=O) groups is 4. The van der Waals surface area contributed by atoms with Crippen molar-refractivity contribution in [2.24, 2.45) is 0 Å². The maximum atomic E-state index is 13.5. The lowest BCUT2D eigenvalue weighted by Gasteiger charge is -2.23. The summed E-state index contributed by atoms with van der Waals surface area (Å²) in [5.41, 5.74) is 2.49. The van der Waals surface area contributed by atoms with Gasteiger partial charge in [0.25, 0.3) is 5.91 Å². The largest absolute Gasteiger partial charge is 0.478 e. The molecule has 0 aromatic heterocycles. The molecule has 0 radical (unpaired) electrons. The summed E-state index contributed by atoms with van der Waals surface area (Å²) in [6.45, 7) is 0. The molecule has 0 aliphatic heterocycles. The van der Waals surface area contributed by atoms with Gasteiger partial charge in [-0.05, 0) is 48.5 Å². The van der Waals surface area contributed by atoms with Crippen LogP contribution in [0.5, 0.6) is 0 Å². The molecule has 170 valence electrons. The Morgan fingerprint density at radius 2 is 1.11 bits per heavy atom. The quantitative estimate of drug-likeness (QED) is 0.333. The Bertz CT molecular complexity index is 1510. The van der Waals surface area contributed by atoms with Crippen LogP contribution in [0, 0.1) is 0 Å². The van der Waals surface area contributed by atoms with Crippen molar-refractivity contribution in [2.75, 3.05) is 10.6 Å². The number of nitrogens with one attached hydrogen (secondary N) is 2. The fourth-order valence-electron chi connectivity index (χ4n) is 4.07. The van der Waals surface area contributed by atoms with Gasteiger partial charge in [-0.25, -0.2) is 4.79 Å². The van der Waals surface area contributed by atoms with Crippen LogP contribution in [0.3, 0.4) is 0 Å². The van der Waals surface area contributed by atoms with Gasteiger partial charge >= 0.3 is 5.97 Å². The van der Waals surface area contributed by atoms with E-state index in [1.54, 1.807) is 36.4 Å². The molecule has 4 aromatic carbocycles. The maximum Gasteiger partial charge on any atom is 0.335 e. The number of anilines is 3. The van der Waals surface area contributed by atoms with Crippen molar-refractivity contribution in [3.63, 3.8) is 0 Å². The van der Waals surface area contributed by atoms with E-state index in [2.05, 4.69) is 10.6 Å². The van der Waals surface area contributed by atoms with Crippen molar-refractivity contribution < 1.29 is 24.3 Å². The Hall–Kier alpha value is -5.04. The normalized spacial score (nSPS) is 11.9. The highest BCUT2D eigenvalue weighted by Gasteiger charge is 2.34. The van der Waals surface area contributed by atoms with Crippen LogP contribution in [0.4, 0.5) is 17.1 Å². The number of carboxylic acids is 1. The highest BCUT2D eigenvalue weighted by molar-refractivity contribution is 6.32. The summed E-state index contributed by atoms with van der Waals surface area (Å²) in [6.07, 6.45) is 0. The Balaban J connectivity index is 1.59. The summed E-state index contributed by atoms with van der Waals surface area (Å²) in [5, 5.41) is 15.0. The molecule has 0 saturated heterocycles. The van der Waals surface area contributed by atoms with E-state index in [9.17, 15) is 19.2 Å². The van der Waals surface area contributed by atoms with Crippen molar-refractivity contribution in [1.29, 1.82) is 0 Å². The van der Waals surface area contributed by atoms with E-state index in [0.29, 0.717) is 11.3 Å². The van der Waals surface area contributed by atoms with Gasteiger partial charge in [0, 0.05) is 22.4 Å². The number of carboxylic acid groups (broad SMARTS) is 1. The Morgan fingerprint density at radius 3 is 1.71 bits per heavy atom. The third kappa shape index (κ3) is 3.95. The molecule has 0 heterocycles. The van der Waals surface area contributed by atoms with Crippen LogP contribution in [0.25, 0.3) is 0 Å². The van der Waals surface area contributed by atoms with Crippen LogP contribution < -0.4 is 10.6 Å². The number of carbonyl (C=O) groups excluding carboxylic acids is 3. The van der Waals surface area contributed by atoms with E-state index in [0.717, 1.165) is 5.69 Å². The SMILES string of the molecule is O=C(O)c1ccc(C(=O)Nc2ccc(Nc3ccccc3)c3c2C(=O)c2ccccc2C3=O)cc1. The molecule has 1 aliphatic rings. The predicted octanol–water partition coefficient (Wildman–Crippen LogP) is 5.16. The molecule has 7 nitrogen and oxygen atoms in total. The van der Waals surface area contributed by atoms with Crippen molar-refractivity contribution in [2.45, 2.75) is 0 Å². The second kappa shape index (κ2) is 8.72. The van der Waals surface area contributed by atoms with E-state index < -0.39 is 11.9 Å². The fourth-order valence-corrected chi connectivity index (χ4v) is 4.07. The van der Waals surface area contributed by atoms with E-state index >= 15 is 0 Å². The van der Waals surface area contributed by atoms with Gasteiger partial charge in [0.1, 0.15) is 0 Å². The molecular formula is C28H18N2O5. The molecule has 5 rings (SSSR count). The van der Waals surface area contributed by atoms with Gasteiger partial charge in [-0.1, -0.05) is 42.5 Å². The van der Waals surface area contributed by atoms with Crippen LogP contribution >= 0.6 is 0 Å². The number of para-hydroxylation sites is 1. The molecule has 0 fully saturated rings. The van der Waals surface area contributed by atoms with Gasteiger partial charge in [0.05, 0.1) is 28.1 Å². The molecule has 0 bridgehead atoms. The standard InChI is InChI=1S/C28H18N2O5/c31-25-19-8-4-5-9-20(19)26(32)24-22(30-27(33)16-10-12-17(13-11-16)28(34)35)15-14-21(23(24)25)29-18-6-2-1-3-7-18/h1-15,29H,(H,30,33)(H,34,35). The molecule has 3 N–H and O–H groups in total. The molecule has 7 heteroatoms. The Labute approximate surface area is 200 Å². The van der Waals surface area contributed by atoms with E-state index in [1.165, 1.54) is 24.3 Å². The number of amides is 1. The van der Waals surface area contributed by atoms with E-state index in [1.807, 2.05) is 30.3 Å². The van der Waals surface area contributed by atoms with E-state index in [4.69, 9.17) is 5.11 Å². The molecule has 35 heavy (non-hydrogen) atoms. The van der Waals surface area contributed by atoms with Gasteiger partial charge in [-0.15, -0.1) is 0 Å². The highest BCUT2D eigenvalue weighted by atomic mass is 16.4. The lowest BCUT2D eigenvalue weighted by atomic mass is 9.82. The molecule has 0 spiro atoms. The van der Waals surface area contributed by atoms with Crippen LogP contribution in [-0.2, 0) is 0 Å². The minimum Gasteiger partial charge on any atom is -0.478 e. The zero-order valence-electron chi connectivity index (χ0n) is 18.2. The maximum absolute atomic E-state index is 13.5. The zero-order valence-corrected chi connectivity index (χ0v) is 18.2. The molecule has 1 aliphatic carbocycles. The molecular weight excluding hydrogens is 444 g/mol. The predicted molar refractivity (Wildman–Crippen MR) is 131 cm³/mol. The zero-order chi connectivity index (χ0) is 24.5. The van der Waals surface area contributed by atoms with Crippen molar-refractivity contribution in [3.8, 4) is 0 Å². The third-order valence-electron chi connectivity index (χ3n) is 5.77. The second-order valence-electron chi connectivity index (χ2n) is 7.94.